The molecule has 1 heterocycles. The first kappa shape index (κ1) is 13.4. The Bertz CT molecular complexity index is 558. The van der Waals surface area contributed by atoms with Crippen LogP contribution < -0.4 is 11.1 Å². The second kappa shape index (κ2) is 5.28. The zero-order valence-corrected chi connectivity index (χ0v) is 11.2. The molecule has 4 N–H and O–H groups in total. The van der Waals surface area contributed by atoms with Gasteiger partial charge in [-0.15, -0.1) is 0 Å². The van der Waals surface area contributed by atoms with Crippen molar-refractivity contribution in [1.82, 2.24) is 10.3 Å². The molecule has 0 spiro atoms. The van der Waals surface area contributed by atoms with Crippen molar-refractivity contribution in [1.29, 1.82) is 0 Å². The Morgan fingerprint density at radius 2 is 1.89 bits per heavy atom. The third-order valence-corrected chi connectivity index (χ3v) is 2.98. The zero-order chi connectivity index (χ0) is 13.9. The van der Waals surface area contributed by atoms with Crippen LogP contribution in [0.2, 0.25) is 0 Å². The van der Waals surface area contributed by atoms with E-state index in [0.29, 0.717) is 12.2 Å². The number of hydrogen-bond acceptors (Lipinski definition) is 2. The molecule has 2 aromatic rings. The lowest BCUT2D eigenvalue weighted by Crippen LogP contribution is -2.48. The molecule has 0 unspecified atom stereocenters. The average molecular weight is 257 g/mol. The molecule has 0 radical (unpaired) electrons. The fourth-order valence-corrected chi connectivity index (χ4v) is 1.74. The van der Waals surface area contributed by atoms with E-state index in [4.69, 9.17) is 5.73 Å². The van der Waals surface area contributed by atoms with Crippen molar-refractivity contribution in [3.8, 4) is 11.3 Å². The van der Waals surface area contributed by atoms with Crippen LogP contribution in [0.4, 0.5) is 0 Å². The van der Waals surface area contributed by atoms with E-state index in [1.165, 1.54) is 0 Å². The van der Waals surface area contributed by atoms with Gasteiger partial charge in [-0.3, -0.25) is 4.79 Å². The van der Waals surface area contributed by atoms with Crippen LogP contribution in [0.3, 0.4) is 0 Å². The first-order valence-electron chi connectivity index (χ1n) is 6.29. The van der Waals surface area contributed by atoms with Gasteiger partial charge in [-0.05, 0) is 31.5 Å². The fourth-order valence-electron chi connectivity index (χ4n) is 1.74. The molecule has 19 heavy (non-hydrogen) atoms. The van der Waals surface area contributed by atoms with Gasteiger partial charge in [0.25, 0.3) is 5.91 Å². The third kappa shape index (κ3) is 3.23. The normalized spacial score (nSPS) is 11.3. The minimum Gasteiger partial charge on any atom is -0.351 e. The van der Waals surface area contributed by atoms with Crippen LogP contribution in [0, 0.1) is 0 Å². The quantitative estimate of drug-likeness (QED) is 0.785. The standard InChI is InChI=1S/C15H19N3O/c1-15(2,10-16)18-14(19)13-9-8-12(17-13)11-6-4-3-5-7-11/h3-9,17H,10,16H2,1-2H3,(H,18,19). The predicted octanol–water partition coefficient (Wildman–Crippen LogP) is 2.15. The molecule has 0 bridgehead atoms. The number of hydrogen-bond donors (Lipinski definition) is 3. The highest BCUT2D eigenvalue weighted by atomic mass is 16.2. The number of nitrogens with one attached hydrogen (secondary N) is 2. The summed E-state index contributed by atoms with van der Waals surface area (Å²) in [4.78, 5) is 15.2. The summed E-state index contributed by atoms with van der Waals surface area (Å²) in [6.07, 6.45) is 0. The molecule has 0 saturated carbocycles. The summed E-state index contributed by atoms with van der Waals surface area (Å²) in [7, 11) is 0. The van der Waals surface area contributed by atoms with Gasteiger partial charge in [0.1, 0.15) is 5.69 Å². The second-order valence-corrected chi connectivity index (χ2v) is 5.19. The van der Waals surface area contributed by atoms with E-state index in [-0.39, 0.29) is 5.91 Å². The topological polar surface area (TPSA) is 70.9 Å². The Kier molecular flexibility index (Phi) is 3.71. The molecule has 4 nitrogen and oxygen atoms in total. The minimum absolute atomic E-state index is 0.141. The van der Waals surface area contributed by atoms with Crippen molar-refractivity contribution < 1.29 is 4.79 Å². The van der Waals surface area contributed by atoms with Crippen molar-refractivity contribution >= 4 is 5.91 Å². The molecule has 2 rings (SSSR count). The van der Waals surface area contributed by atoms with Gasteiger partial charge in [-0.25, -0.2) is 0 Å². The molecular formula is C15H19N3O. The Hall–Kier alpha value is -2.07. The lowest BCUT2D eigenvalue weighted by molar-refractivity contribution is 0.0911. The Balaban J connectivity index is 2.16. The van der Waals surface area contributed by atoms with Gasteiger partial charge in [-0.1, -0.05) is 30.3 Å². The van der Waals surface area contributed by atoms with Crippen LogP contribution in [-0.4, -0.2) is 23.0 Å². The number of amides is 1. The van der Waals surface area contributed by atoms with Crippen LogP contribution in [-0.2, 0) is 0 Å². The summed E-state index contributed by atoms with van der Waals surface area (Å²) in [5.74, 6) is -0.141. The number of aromatic nitrogens is 1. The number of carbonyl (C=O) groups is 1. The molecule has 0 aliphatic heterocycles. The van der Waals surface area contributed by atoms with Gasteiger partial charge in [0, 0.05) is 17.8 Å². The molecule has 0 atom stereocenters. The van der Waals surface area contributed by atoms with Crippen LogP contribution in [0.15, 0.2) is 42.5 Å². The highest BCUT2D eigenvalue weighted by Gasteiger charge is 2.20. The first-order chi connectivity index (χ1) is 9.02. The lowest BCUT2D eigenvalue weighted by Gasteiger charge is -2.23. The summed E-state index contributed by atoms with van der Waals surface area (Å²) >= 11 is 0. The Morgan fingerprint density at radius 1 is 1.21 bits per heavy atom. The number of carbonyl (C=O) groups excluding carboxylic acids is 1. The molecule has 100 valence electrons. The van der Waals surface area contributed by atoms with E-state index in [2.05, 4.69) is 10.3 Å². The van der Waals surface area contributed by atoms with E-state index >= 15 is 0 Å². The molecule has 0 saturated heterocycles. The maximum absolute atomic E-state index is 12.1. The number of aromatic amines is 1. The molecular weight excluding hydrogens is 238 g/mol. The highest BCUT2D eigenvalue weighted by Crippen LogP contribution is 2.18. The third-order valence-electron chi connectivity index (χ3n) is 2.98. The van der Waals surface area contributed by atoms with Crippen molar-refractivity contribution in [3.63, 3.8) is 0 Å². The molecule has 0 aliphatic rings. The largest absolute Gasteiger partial charge is 0.351 e. The van der Waals surface area contributed by atoms with Crippen molar-refractivity contribution in [2.24, 2.45) is 5.73 Å². The number of H-pyrrole nitrogens is 1. The van der Waals surface area contributed by atoms with Gasteiger partial charge < -0.3 is 16.0 Å². The molecule has 0 fully saturated rings. The summed E-state index contributed by atoms with van der Waals surface area (Å²) in [5.41, 5.74) is 7.72. The summed E-state index contributed by atoms with van der Waals surface area (Å²) in [6.45, 7) is 4.18. The van der Waals surface area contributed by atoms with Gasteiger partial charge >= 0.3 is 0 Å². The van der Waals surface area contributed by atoms with Gasteiger partial charge in [0.15, 0.2) is 0 Å². The molecule has 1 amide bonds. The van der Waals surface area contributed by atoms with Crippen molar-refractivity contribution in [2.75, 3.05) is 6.54 Å². The molecule has 1 aromatic carbocycles. The first-order valence-corrected chi connectivity index (χ1v) is 6.29. The van der Waals surface area contributed by atoms with Crippen molar-refractivity contribution in [3.05, 3.63) is 48.2 Å². The van der Waals surface area contributed by atoms with E-state index < -0.39 is 5.54 Å². The zero-order valence-electron chi connectivity index (χ0n) is 11.2. The Morgan fingerprint density at radius 3 is 2.53 bits per heavy atom. The predicted molar refractivity (Wildman–Crippen MR) is 76.8 cm³/mol. The number of rotatable bonds is 4. The number of nitrogens with two attached hydrogens (primary N) is 1. The van der Waals surface area contributed by atoms with Gasteiger partial charge in [-0.2, -0.15) is 0 Å². The van der Waals surface area contributed by atoms with E-state index in [0.717, 1.165) is 11.3 Å². The van der Waals surface area contributed by atoms with E-state index in [9.17, 15) is 4.79 Å². The second-order valence-electron chi connectivity index (χ2n) is 5.19. The van der Waals surface area contributed by atoms with Crippen LogP contribution in [0.25, 0.3) is 11.3 Å². The summed E-state index contributed by atoms with van der Waals surface area (Å²) in [5, 5.41) is 2.89. The van der Waals surface area contributed by atoms with Crippen LogP contribution in [0.1, 0.15) is 24.3 Å². The molecule has 1 aromatic heterocycles. The summed E-state index contributed by atoms with van der Waals surface area (Å²) < 4.78 is 0. The maximum atomic E-state index is 12.1. The SMILES string of the molecule is CC(C)(CN)NC(=O)c1ccc(-c2ccccc2)[nH]1. The van der Waals surface area contributed by atoms with E-state index in [1.54, 1.807) is 6.07 Å². The van der Waals surface area contributed by atoms with Crippen LogP contribution in [0.5, 0.6) is 0 Å². The van der Waals surface area contributed by atoms with Crippen LogP contribution >= 0.6 is 0 Å². The molecule has 4 heteroatoms. The number of benzene rings is 1. The van der Waals surface area contributed by atoms with Gasteiger partial charge in [0.05, 0.1) is 0 Å². The molecule has 0 aliphatic carbocycles. The fraction of sp³-hybridized carbons (Fsp3) is 0.267. The smallest absolute Gasteiger partial charge is 0.268 e. The van der Waals surface area contributed by atoms with Gasteiger partial charge in [0.2, 0.25) is 0 Å². The lowest BCUT2D eigenvalue weighted by atomic mass is 10.1. The maximum Gasteiger partial charge on any atom is 0.268 e. The monoisotopic (exact) mass is 257 g/mol. The average Bonchev–Trinajstić information content (AvgIpc) is 2.89. The Labute approximate surface area is 113 Å². The highest BCUT2D eigenvalue weighted by molar-refractivity contribution is 5.93. The minimum atomic E-state index is -0.408. The summed E-state index contributed by atoms with van der Waals surface area (Å²) in [6, 6.07) is 13.6. The van der Waals surface area contributed by atoms with E-state index in [1.807, 2.05) is 50.2 Å². The van der Waals surface area contributed by atoms with Crippen molar-refractivity contribution in [2.45, 2.75) is 19.4 Å².